The van der Waals surface area contributed by atoms with Gasteiger partial charge in [0.2, 0.25) is 5.91 Å². The van der Waals surface area contributed by atoms with Crippen LogP contribution in [0.2, 0.25) is 0 Å². The highest BCUT2D eigenvalue weighted by atomic mass is 32.2. The van der Waals surface area contributed by atoms with E-state index in [1.54, 1.807) is 18.4 Å². The molecule has 126 valence electrons. The zero-order valence-corrected chi connectivity index (χ0v) is 14.6. The number of hydrogen-bond donors (Lipinski definition) is 1. The maximum absolute atomic E-state index is 12.0. The fraction of sp³-hybridized carbons (Fsp3) is 0.211. The van der Waals surface area contributed by atoms with Gasteiger partial charge >= 0.3 is 0 Å². The number of aryl methyl sites for hydroxylation is 1. The van der Waals surface area contributed by atoms with Crippen LogP contribution in [0.5, 0.6) is 0 Å². The maximum Gasteiger partial charge on any atom is 0.230 e. The lowest BCUT2D eigenvalue weighted by molar-refractivity contribution is -0.118. The highest BCUT2D eigenvalue weighted by Gasteiger charge is 2.11. The van der Waals surface area contributed by atoms with Gasteiger partial charge in [-0.15, -0.1) is 0 Å². The molecule has 0 unspecified atom stereocenters. The number of aromatic nitrogens is 1. The van der Waals surface area contributed by atoms with Crippen LogP contribution in [0.1, 0.15) is 23.8 Å². The summed E-state index contributed by atoms with van der Waals surface area (Å²) >= 11 is 1.27. The number of rotatable bonds is 6. The van der Waals surface area contributed by atoms with Gasteiger partial charge in [-0.25, -0.2) is 4.98 Å². The third kappa shape index (κ3) is 4.20. The zero-order valence-electron chi connectivity index (χ0n) is 13.8. The van der Waals surface area contributed by atoms with Crippen LogP contribution in [0.15, 0.2) is 52.1 Å². The minimum Gasteiger partial charge on any atom is -0.467 e. The number of nitrogens with one attached hydrogen (secondary N) is 1. The molecule has 6 heteroatoms. The maximum atomic E-state index is 12.0. The number of fused-ring (bicyclic) bond motifs is 1. The quantitative estimate of drug-likeness (QED) is 0.686. The van der Waals surface area contributed by atoms with Gasteiger partial charge in [0.25, 0.3) is 0 Å². The molecule has 0 aliphatic rings. The molecule has 3 rings (SSSR count). The molecule has 5 nitrogen and oxygen atoms in total. The fourth-order valence-electron chi connectivity index (χ4n) is 2.40. The summed E-state index contributed by atoms with van der Waals surface area (Å²) in [5, 5.41) is 13.7. The molecule has 0 fully saturated rings. The molecule has 2 aromatic heterocycles. The van der Waals surface area contributed by atoms with E-state index in [9.17, 15) is 10.1 Å². The Bertz CT molecular complexity index is 930. The van der Waals surface area contributed by atoms with Crippen LogP contribution in [-0.4, -0.2) is 16.6 Å². The Morgan fingerprint density at radius 2 is 2.24 bits per heavy atom. The number of furan rings is 1. The lowest BCUT2D eigenvalue weighted by atomic mass is 10.1. The van der Waals surface area contributed by atoms with Crippen LogP contribution in [0, 0.1) is 11.3 Å². The van der Waals surface area contributed by atoms with Crippen molar-refractivity contribution in [1.82, 2.24) is 10.3 Å². The van der Waals surface area contributed by atoms with Gasteiger partial charge in [-0.1, -0.05) is 24.8 Å². The Morgan fingerprint density at radius 3 is 2.96 bits per heavy atom. The van der Waals surface area contributed by atoms with E-state index in [4.69, 9.17) is 4.42 Å². The van der Waals surface area contributed by atoms with Crippen molar-refractivity contribution in [3.05, 3.63) is 59.5 Å². The first-order valence-electron chi connectivity index (χ1n) is 7.95. The second-order valence-corrected chi connectivity index (χ2v) is 6.44. The number of benzene rings is 1. The molecule has 0 radical (unpaired) electrons. The van der Waals surface area contributed by atoms with Crippen molar-refractivity contribution in [1.29, 1.82) is 5.26 Å². The van der Waals surface area contributed by atoms with E-state index in [-0.39, 0.29) is 11.7 Å². The van der Waals surface area contributed by atoms with Crippen LogP contribution in [0.4, 0.5) is 0 Å². The Hall–Kier alpha value is -2.78. The molecule has 25 heavy (non-hydrogen) atoms. The Balaban J connectivity index is 1.69. The molecular formula is C19H17N3O2S. The predicted molar refractivity (Wildman–Crippen MR) is 97.1 cm³/mol. The van der Waals surface area contributed by atoms with Crippen molar-refractivity contribution in [2.45, 2.75) is 24.9 Å². The van der Waals surface area contributed by atoms with Crippen LogP contribution in [0.25, 0.3) is 10.9 Å². The van der Waals surface area contributed by atoms with Crippen LogP contribution >= 0.6 is 11.8 Å². The lowest BCUT2D eigenvalue weighted by Gasteiger charge is -2.07. The summed E-state index contributed by atoms with van der Waals surface area (Å²) in [4.78, 5) is 16.5. The molecule has 0 aliphatic heterocycles. The van der Waals surface area contributed by atoms with Crippen molar-refractivity contribution < 1.29 is 9.21 Å². The number of pyridine rings is 1. The standard InChI is InChI=1S/C19H17N3O2S/c1-2-13-5-6-17-14(8-13)9-15(10-20)19(22-17)25-12-18(23)21-11-16-4-3-7-24-16/h3-9H,2,11-12H2,1H3,(H,21,23). The van der Waals surface area contributed by atoms with Crippen molar-refractivity contribution in [3.8, 4) is 6.07 Å². The summed E-state index contributed by atoms with van der Waals surface area (Å²) < 4.78 is 5.17. The molecule has 0 bridgehead atoms. The van der Waals surface area contributed by atoms with E-state index in [1.807, 2.05) is 24.3 Å². The SMILES string of the molecule is CCc1ccc2nc(SCC(=O)NCc3ccco3)c(C#N)cc2c1. The van der Waals surface area contributed by atoms with Crippen LogP contribution in [-0.2, 0) is 17.8 Å². The first kappa shape index (κ1) is 17.1. The molecule has 0 atom stereocenters. The molecule has 3 aromatic rings. The Kier molecular flexibility index (Phi) is 5.36. The zero-order chi connectivity index (χ0) is 17.6. The second-order valence-electron chi connectivity index (χ2n) is 5.48. The summed E-state index contributed by atoms with van der Waals surface area (Å²) in [5.74, 6) is 0.765. The minimum atomic E-state index is -0.131. The summed E-state index contributed by atoms with van der Waals surface area (Å²) in [5.41, 5.74) is 2.52. The number of thioether (sulfide) groups is 1. The number of carbonyl (C=O) groups excluding carboxylic acids is 1. The van der Waals surface area contributed by atoms with Gasteiger partial charge in [0, 0.05) is 5.39 Å². The number of nitrogens with zero attached hydrogens (tertiary/aromatic N) is 2. The predicted octanol–water partition coefficient (Wildman–Crippen LogP) is 3.67. The molecule has 1 amide bonds. The minimum absolute atomic E-state index is 0.131. The summed E-state index contributed by atoms with van der Waals surface area (Å²) in [6.45, 7) is 2.44. The normalized spacial score (nSPS) is 10.6. The highest BCUT2D eigenvalue weighted by molar-refractivity contribution is 8.00. The van der Waals surface area contributed by atoms with Gasteiger partial charge in [0.1, 0.15) is 16.9 Å². The third-order valence-corrected chi connectivity index (χ3v) is 4.74. The average molecular weight is 351 g/mol. The third-order valence-electron chi connectivity index (χ3n) is 3.75. The van der Waals surface area contributed by atoms with Crippen molar-refractivity contribution in [2.75, 3.05) is 5.75 Å². The van der Waals surface area contributed by atoms with E-state index in [0.29, 0.717) is 22.9 Å². The van der Waals surface area contributed by atoms with Gasteiger partial charge in [-0.3, -0.25) is 4.79 Å². The molecule has 1 aromatic carbocycles. The second kappa shape index (κ2) is 7.86. The molecule has 2 heterocycles. The van der Waals surface area contributed by atoms with Crippen molar-refractivity contribution in [3.63, 3.8) is 0 Å². The van der Waals surface area contributed by atoms with E-state index in [2.05, 4.69) is 23.3 Å². The van der Waals surface area contributed by atoms with Gasteiger partial charge < -0.3 is 9.73 Å². The lowest BCUT2D eigenvalue weighted by Crippen LogP contribution is -2.24. The molecule has 0 saturated heterocycles. The van der Waals surface area contributed by atoms with Gasteiger partial charge in [0.15, 0.2) is 0 Å². The van der Waals surface area contributed by atoms with Crippen LogP contribution < -0.4 is 5.32 Å². The molecular weight excluding hydrogens is 334 g/mol. The number of carbonyl (C=O) groups is 1. The smallest absolute Gasteiger partial charge is 0.230 e. The monoisotopic (exact) mass is 351 g/mol. The Morgan fingerprint density at radius 1 is 1.36 bits per heavy atom. The highest BCUT2D eigenvalue weighted by Crippen LogP contribution is 2.25. The van der Waals surface area contributed by atoms with Crippen molar-refractivity contribution >= 4 is 28.6 Å². The van der Waals surface area contributed by atoms with E-state index >= 15 is 0 Å². The first-order chi connectivity index (χ1) is 12.2. The van der Waals surface area contributed by atoms with Crippen LogP contribution in [0.3, 0.4) is 0 Å². The molecule has 0 saturated carbocycles. The number of amides is 1. The molecule has 1 N–H and O–H groups in total. The molecule has 0 spiro atoms. The summed E-state index contributed by atoms with van der Waals surface area (Å²) in [6, 6.07) is 13.6. The van der Waals surface area contributed by atoms with E-state index in [0.717, 1.165) is 17.3 Å². The number of nitriles is 1. The first-order valence-corrected chi connectivity index (χ1v) is 8.94. The summed E-state index contributed by atoms with van der Waals surface area (Å²) in [6.07, 6.45) is 2.50. The van der Waals surface area contributed by atoms with E-state index < -0.39 is 0 Å². The topological polar surface area (TPSA) is 78.9 Å². The number of hydrogen-bond acceptors (Lipinski definition) is 5. The Labute approximate surface area is 150 Å². The van der Waals surface area contributed by atoms with Gasteiger partial charge in [0.05, 0.1) is 29.6 Å². The molecule has 0 aliphatic carbocycles. The van der Waals surface area contributed by atoms with Gasteiger partial charge in [-0.05, 0) is 42.3 Å². The fourth-order valence-corrected chi connectivity index (χ4v) is 3.19. The average Bonchev–Trinajstić information content (AvgIpc) is 3.17. The van der Waals surface area contributed by atoms with Crippen molar-refractivity contribution in [2.24, 2.45) is 0 Å². The summed E-state index contributed by atoms with van der Waals surface area (Å²) in [7, 11) is 0. The van der Waals surface area contributed by atoms with E-state index in [1.165, 1.54) is 17.3 Å². The van der Waals surface area contributed by atoms with Gasteiger partial charge in [-0.2, -0.15) is 5.26 Å². The largest absolute Gasteiger partial charge is 0.467 e.